The first kappa shape index (κ1) is 19.2. The van der Waals surface area contributed by atoms with E-state index < -0.39 is 0 Å². The molecule has 0 aliphatic rings. The summed E-state index contributed by atoms with van der Waals surface area (Å²) < 4.78 is 9.68. The van der Waals surface area contributed by atoms with Crippen LogP contribution in [0, 0.1) is 5.41 Å². The lowest BCUT2D eigenvalue weighted by molar-refractivity contribution is -0.134. The molecule has 0 radical (unpaired) electrons. The quantitative estimate of drug-likeness (QED) is 0.675. The van der Waals surface area contributed by atoms with Gasteiger partial charge in [0.25, 0.3) is 0 Å². The second-order valence-corrected chi connectivity index (χ2v) is 8.24. The van der Waals surface area contributed by atoms with Crippen molar-refractivity contribution in [2.45, 2.75) is 46.7 Å². The number of aromatic nitrogens is 3. The minimum Gasteiger partial charge on any atom is -0.424 e. The number of ether oxygens (including phenoxy) is 1. The third kappa shape index (κ3) is 4.77. The fraction of sp³-hybridized carbons (Fsp3) is 0.429. The van der Waals surface area contributed by atoms with Crippen LogP contribution in [0.2, 0.25) is 0 Å². The molecule has 2 aromatic heterocycles. The number of hydrogen-bond donors (Lipinski definition) is 1. The molecule has 0 aliphatic heterocycles. The average molecular weight is 368 g/mol. The molecule has 0 spiro atoms. The molecule has 3 aromatic rings. The largest absolute Gasteiger partial charge is 0.424 e. The number of nitrogens with two attached hydrogens (primary N) is 1. The van der Waals surface area contributed by atoms with Crippen LogP contribution in [-0.2, 0) is 24.9 Å². The second kappa shape index (κ2) is 7.56. The van der Waals surface area contributed by atoms with E-state index in [4.69, 9.17) is 10.5 Å². The maximum Gasteiger partial charge on any atom is 0.311 e. The fourth-order valence-electron chi connectivity index (χ4n) is 3.02. The molecule has 0 aliphatic carbocycles. The summed E-state index contributed by atoms with van der Waals surface area (Å²) in [6.45, 7) is 7.42. The van der Waals surface area contributed by atoms with Gasteiger partial charge in [-0.2, -0.15) is 0 Å². The van der Waals surface area contributed by atoms with Gasteiger partial charge in [-0.3, -0.25) is 4.79 Å². The van der Waals surface area contributed by atoms with E-state index in [9.17, 15) is 4.79 Å². The van der Waals surface area contributed by atoms with Gasteiger partial charge in [0.15, 0.2) is 5.75 Å². The van der Waals surface area contributed by atoms with Crippen molar-refractivity contribution in [3.05, 3.63) is 48.2 Å². The normalized spacial score (nSPS) is 11.9. The highest BCUT2D eigenvalue weighted by atomic mass is 16.5. The predicted octanol–water partition coefficient (Wildman–Crippen LogP) is 3.61. The van der Waals surface area contributed by atoms with Crippen molar-refractivity contribution in [2.24, 2.45) is 18.2 Å². The third-order valence-corrected chi connectivity index (χ3v) is 4.54. The molecule has 0 atom stereocenters. The van der Waals surface area contributed by atoms with Crippen LogP contribution in [0.15, 0.2) is 36.9 Å². The van der Waals surface area contributed by atoms with E-state index >= 15 is 0 Å². The van der Waals surface area contributed by atoms with E-state index in [1.165, 1.54) is 0 Å². The van der Waals surface area contributed by atoms with Crippen LogP contribution in [0.3, 0.4) is 0 Å². The van der Waals surface area contributed by atoms with Crippen molar-refractivity contribution >= 4 is 16.9 Å². The standard InChI is InChI=1S/C21H28N4O2/c1-21(2,3)8-7-20(26)27-19-13-25(12-16-11-24(4)14-23-16)18-9-15(10-22)5-6-17(18)19/h5-6,9,11,13-14H,7-8,10,12,22H2,1-4H3. The van der Waals surface area contributed by atoms with Crippen molar-refractivity contribution in [3.8, 4) is 5.75 Å². The number of rotatable bonds is 6. The molecule has 3 rings (SSSR count). The van der Waals surface area contributed by atoms with Crippen molar-refractivity contribution in [2.75, 3.05) is 0 Å². The number of hydrogen-bond acceptors (Lipinski definition) is 4. The van der Waals surface area contributed by atoms with Gasteiger partial charge in [-0.15, -0.1) is 0 Å². The molecule has 6 nitrogen and oxygen atoms in total. The lowest BCUT2D eigenvalue weighted by atomic mass is 9.91. The molecule has 27 heavy (non-hydrogen) atoms. The molecule has 2 heterocycles. The van der Waals surface area contributed by atoms with Crippen LogP contribution in [0.1, 0.15) is 44.9 Å². The van der Waals surface area contributed by atoms with Crippen LogP contribution < -0.4 is 10.5 Å². The molecule has 144 valence electrons. The summed E-state index contributed by atoms with van der Waals surface area (Å²) >= 11 is 0. The summed E-state index contributed by atoms with van der Waals surface area (Å²) in [4.78, 5) is 16.7. The van der Waals surface area contributed by atoms with Crippen LogP contribution in [-0.4, -0.2) is 20.1 Å². The Balaban J connectivity index is 1.89. The zero-order valence-corrected chi connectivity index (χ0v) is 16.5. The molecule has 1 aromatic carbocycles. The van der Waals surface area contributed by atoms with Gasteiger partial charge < -0.3 is 19.6 Å². The topological polar surface area (TPSA) is 75.1 Å². The van der Waals surface area contributed by atoms with E-state index in [1.54, 1.807) is 6.33 Å². The number of benzene rings is 1. The zero-order chi connectivity index (χ0) is 19.6. The number of fused-ring (bicyclic) bond motifs is 1. The van der Waals surface area contributed by atoms with Gasteiger partial charge in [0, 0.05) is 37.8 Å². The number of esters is 1. The summed E-state index contributed by atoms with van der Waals surface area (Å²) in [5.41, 5.74) is 8.87. The lowest BCUT2D eigenvalue weighted by Crippen LogP contribution is -2.13. The van der Waals surface area contributed by atoms with E-state index in [0.717, 1.165) is 28.6 Å². The van der Waals surface area contributed by atoms with Gasteiger partial charge >= 0.3 is 5.97 Å². The number of carbonyl (C=O) groups is 1. The Morgan fingerprint density at radius 2 is 2.04 bits per heavy atom. The SMILES string of the molecule is Cn1cnc(Cn2cc(OC(=O)CCC(C)(C)C)c3ccc(CN)cc32)c1. The van der Waals surface area contributed by atoms with Gasteiger partial charge in [-0.1, -0.05) is 26.8 Å². The summed E-state index contributed by atoms with van der Waals surface area (Å²) in [5, 5.41) is 0.909. The smallest absolute Gasteiger partial charge is 0.311 e. The summed E-state index contributed by atoms with van der Waals surface area (Å²) in [7, 11) is 1.94. The Bertz CT molecular complexity index is 947. The molecule has 0 fully saturated rings. The number of aryl methyl sites for hydroxylation is 1. The van der Waals surface area contributed by atoms with Crippen LogP contribution in [0.25, 0.3) is 10.9 Å². The minimum atomic E-state index is -0.204. The Morgan fingerprint density at radius 3 is 2.67 bits per heavy atom. The van der Waals surface area contributed by atoms with E-state index in [2.05, 4.69) is 30.3 Å². The first-order chi connectivity index (χ1) is 12.7. The molecular formula is C21H28N4O2. The zero-order valence-electron chi connectivity index (χ0n) is 16.5. The predicted molar refractivity (Wildman–Crippen MR) is 106 cm³/mol. The maximum absolute atomic E-state index is 12.3. The summed E-state index contributed by atoms with van der Waals surface area (Å²) in [5.74, 6) is 0.383. The van der Waals surface area contributed by atoms with Gasteiger partial charge in [-0.05, 0) is 29.5 Å². The van der Waals surface area contributed by atoms with E-state index in [1.807, 2.05) is 42.2 Å². The van der Waals surface area contributed by atoms with Crippen molar-refractivity contribution in [1.29, 1.82) is 0 Å². The van der Waals surface area contributed by atoms with Crippen molar-refractivity contribution in [3.63, 3.8) is 0 Å². The number of carbonyl (C=O) groups excluding carboxylic acids is 1. The number of imidazole rings is 1. The third-order valence-electron chi connectivity index (χ3n) is 4.54. The molecule has 0 saturated heterocycles. The molecule has 0 saturated carbocycles. The Morgan fingerprint density at radius 1 is 1.26 bits per heavy atom. The first-order valence-electron chi connectivity index (χ1n) is 9.24. The van der Waals surface area contributed by atoms with Crippen LogP contribution >= 0.6 is 0 Å². The molecule has 0 amide bonds. The fourth-order valence-corrected chi connectivity index (χ4v) is 3.02. The minimum absolute atomic E-state index is 0.0992. The lowest BCUT2D eigenvalue weighted by Gasteiger charge is -2.16. The first-order valence-corrected chi connectivity index (χ1v) is 9.24. The summed E-state index contributed by atoms with van der Waals surface area (Å²) in [6.07, 6.45) is 6.83. The molecule has 6 heteroatoms. The maximum atomic E-state index is 12.3. The highest BCUT2D eigenvalue weighted by Crippen LogP contribution is 2.30. The van der Waals surface area contributed by atoms with Crippen LogP contribution in [0.5, 0.6) is 5.75 Å². The highest BCUT2D eigenvalue weighted by Gasteiger charge is 2.17. The molecular weight excluding hydrogens is 340 g/mol. The Kier molecular flexibility index (Phi) is 5.37. The molecule has 0 bridgehead atoms. The van der Waals surface area contributed by atoms with Gasteiger partial charge in [0.05, 0.1) is 24.1 Å². The molecule has 2 N–H and O–H groups in total. The van der Waals surface area contributed by atoms with Crippen LogP contribution in [0.4, 0.5) is 0 Å². The van der Waals surface area contributed by atoms with Gasteiger partial charge in [-0.25, -0.2) is 4.98 Å². The van der Waals surface area contributed by atoms with Crippen molar-refractivity contribution in [1.82, 2.24) is 14.1 Å². The van der Waals surface area contributed by atoms with E-state index in [-0.39, 0.29) is 11.4 Å². The van der Waals surface area contributed by atoms with Crippen molar-refractivity contribution < 1.29 is 9.53 Å². The van der Waals surface area contributed by atoms with E-state index in [0.29, 0.717) is 25.3 Å². The monoisotopic (exact) mass is 368 g/mol. The highest BCUT2D eigenvalue weighted by molar-refractivity contribution is 5.90. The molecule has 0 unspecified atom stereocenters. The Hall–Kier alpha value is -2.60. The second-order valence-electron chi connectivity index (χ2n) is 8.24. The van der Waals surface area contributed by atoms with Gasteiger partial charge in [0.2, 0.25) is 0 Å². The van der Waals surface area contributed by atoms with Gasteiger partial charge in [0.1, 0.15) is 0 Å². The number of nitrogens with zero attached hydrogens (tertiary/aromatic N) is 3. The average Bonchev–Trinajstić information content (AvgIpc) is 3.16. The Labute approximate surface area is 159 Å². The summed E-state index contributed by atoms with van der Waals surface area (Å²) in [6, 6.07) is 5.99.